The highest BCUT2D eigenvalue weighted by atomic mass is 79.9. The highest BCUT2D eigenvalue weighted by molar-refractivity contribution is 9.10. The molecule has 18 heavy (non-hydrogen) atoms. The molecule has 1 aliphatic heterocycles. The maximum Gasteiger partial charge on any atom is 0.162 e. The summed E-state index contributed by atoms with van der Waals surface area (Å²) in [4.78, 5) is 11.9. The molecular formula is C14H16BrFO2. The number of halogens is 2. The lowest BCUT2D eigenvalue weighted by Gasteiger charge is -2.08. The van der Waals surface area contributed by atoms with Gasteiger partial charge in [0.2, 0.25) is 0 Å². The zero-order valence-electron chi connectivity index (χ0n) is 10.1. The molecule has 2 nitrogen and oxygen atoms in total. The van der Waals surface area contributed by atoms with E-state index in [0.29, 0.717) is 22.6 Å². The number of benzene rings is 1. The van der Waals surface area contributed by atoms with E-state index >= 15 is 0 Å². The Labute approximate surface area is 115 Å². The first-order chi connectivity index (χ1) is 8.66. The Morgan fingerprint density at radius 1 is 1.50 bits per heavy atom. The second-order valence-corrected chi connectivity index (χ2v) is 5.43. The largest absolute Gasteiger partial charge is 0.378 e. The summed E-state index contributed by atoms with van der Waals surface area (Å²) in [6.07, 6.45) is 4.73. The number of carbonyl (C=O) groups excluding carboxylic acids is 1. The molecule has 0 saturated carbocycles. The molecule has 1 saturated heterocycles. The maximum atomic E-state index is 13.3. The molecule has 1 aliphatic rings. The summed E-state index contributed by atoms with van der Waals surface area (Å²) in [6, 6.07) is 4.52. The Hall–Kier alpha value is -0.740. The molecule has 1 atom stereocenters. The third-order valence-electron chi connectivity index (χ3n) is 3.20. The van der Waals surface area contributed by atoms with Gasteiger partial charge in [-0.2, -0.15) is 0 Å². The van der Waals surface area contributed by atoms with E-state index in [1.54, 1.807) is 12.1 Å². The first kappa shape index (κ1) is 13.7. The third-order valence-corrected chi connectivity index (χ3v) is 3.84. The minimum Gasteiger partial charge on any atom is -0.378 e. The SMILES string of the molecule is O=C(CCCC1CCCO1)c1ccc(Br)c(F)c1. The van der Waals surface area contributed by atoms with Crippen LogP contribution >= 0.6 is 15.9 Å². The predicted octanol–water partition coefficient (Wildman–Crippen LogP) is 4.12. The fourth-order valence-corrected chi connectivity index (χ4v) is 2.42. The number of hydrogen-bond donors (Lipinski definition) is 0. The van der Waals surface area contributed by atoms with Gasteiger partial charge in [-0.05, 0) is 53.7 Å². The van der Waals surface area contributed by atoms with Crippen molar-refractivity contribution >= 4 is 21.7 Å². The molecule has 1 fully saturated rings. The van der Waals surface area contributed by atoms with E-state index in [1.165, 1.54) is 6.07 Å². The molecule has 1 unspecified atom stereocenters. The Morgan fingerprint density at radius 3 is 3.00 bits per heavy atom. The first-order valence-electron chi connectivity index (χ1n) is 6.26. The molecule has 2 rings (SSSR count). The van der Waals surface area contributed by atoms with Gasteiger partial charge in [0.15, 0.2) is 5.78 Å². The molecule has 1 heterocycles. The van der Waals surface area contributed by atoms with Gasteiger partial charge in [0.1, 0.15) is 5.82 Å². The first-order valence-corrected chi connectivity index (χ1v) is 7.06. The standard InChI is InChI=1S/C14H16BrFO2/c15-12-7-6-10(9-13(12)16)14(17)5-1-3-11-4-2-8-18-11/h6-7,9,11H,1-5,8H2. The number of carbonyl (C=O) groups is 1. The molecule has 1 aromatic carbocycles. The lowest BCUT2D eigenvalue weighted by atomic mass is 10.0. The third kappa shape index (κ3) is 3.62. The van der Waals surface area contributed by atoms with E-state index in [9.17, 15) is 9.18 Å². The van der Waals surface area contributed by atoms with Crippen LogP contribution in [0.15, 0.2) is 22.7 Å². The number of Topliss-reactive ketones (excluding diaryl/α,β-unsaturated/α-hetero) is 1. The van der Waals surface area contributed by atoms with Crippen molar-refractivity contribution in [1.29, 1.82) is 0 Å². The minimum absolute atomic E-state index is 0.000558. The molecule has 0 N–H and O–H groups in total. The molecule has 0 aromatic heterocycles. The van der Waals surface area contributed by atoms with Crippen molar-refractivity contribution in [2.24, 2.45) is 0 Å². The van der Waals surface area contributed by atoms with E-state index in [-0.39, 0.29) is 11.6 Å². The molecule has 0 amide bonds. The van der Waals surface area contributed by atoms with E-state index in [2.05, 4.69) is 15.9 Å². The van der Waals surface area contributed by atoms with Crippen molar-refractivity contribution in [1.82, 2.24) is 0 Å². The van der Waals surface area contributed by atoms with E-state index < -0.39 is 0 Å². The van der Waals surface area contributed by atoms with Crippen LogP contribution in [0.5, 0.6) is 0 Å². The molecule has 0 bridgehead atoms. The summed E-state index contributed by atoms with van der Waals surface area (Å²) < 4.78 is 19.2. The number of hydrogen-bond acceptors (Lipinski definition) is 2. The number of ether oxygens (including phenoxy) is 1. The van der Waals surface area contributed by atoms with Crippen LogP contribution in [0, 0.1) is 5.82 Å². The van der Waals surface area contributed by atoms with Crippen molar-refractivity contribution in [3.63, 3.8) is 0 Å². The summed E-state index contributed by atoms with van der Waals surface area (Å²) in [5.41, 5.74) is 0.447. The molecule has 1 aromatic rings. The average molecular weight is 315 g/mol. The normalized spacial score (nSPS) is 19.1. The van der Waals surface area contributed by atoms with Gasteiger partial charge in [-0.3, -0.25) is 4.79 Å². The van der Waals surface area contributed by atoms with Crippen LogP contribution in [-0.4, -0.2) is 18.5 Å². The van der Waals surface area contributed by atoms with Gasteiger partial charge in [0, 0.05) is 18.6 Å². The van der Waals surface area contributed by atoms with Gasteiger partial charge in [0.25, 0.3) is 0 Å². The van der Waals surface area contributed by atoms with Crippen LogP contribution in [-0.2, 0) is 4.74 Å². The summed E-state index contributed by atoms with van der Waals surface area (Å²) in [5, 5.41) is 0. The lowest BCUT2D eigenvalue weighted by molar-refractivity contribution is 0.0922. The smallest absolute Gasteiger partial charge is 0.162 e. The number of ketones is 1. The zero-order chi connectivity index (χ0) is 13.0. The molecule has 0 spiro atoms. The van der Waals surface area contributed by atoms with Crippen LogP contribution < -0.4 is 0 Å². The monoisotopic (exact) mass is 314 g/mol. The second kappa shape index (κ2) is 6.43. The molecule has 4 heteroatoms. The maximum absolute atomic E-state index is 13.3. The van der Waals surface area contributed by atoms with E-state index in [4.69, 9.17) is 4.74 Å². The highest BCUT2D eigenvalue weighted by Crippen LogP contribution is 2.20. The van der Waals surface area contributed by atoms with Crippen molar-refractivity contribution in [2.75, 3.05) is 6.61 Å². The second-order valence-electron chi connectivity index (χ2n) is 4.58. The fraction of sp³-hybridized carbons (Fsp3) is 0.500. The molecule has 0 radical (unpaired) electrons. The van der Waals surface area contributed by atoms with Crippen LogP contribution in [0.1, 0.15) is 42.5 Å². The Kier molecular flexibility index (Phi) is 4.89. The fourth-order valence-electron chi connectivity index (χ4n) is 2.18. The van der Waals surface area contributed by atoms with Gasteiger partial charge in [-0.25, -0.2) is 4.39 Å². The molecule has 98 valence electrons. The van der Waals surface area contributed by atoms with Crippen LogP contribution in [0.25, 0.3) is 0 Å². The van der Waals surface area contributed by atoms with Crippen molar-refractivity contribution in [3.8, 4) is 0 Å². The molecular weight excluding hydrogens is 299 g/mol. The molecule has 0 aliphatic carbocycles. The summed E-state index contributed by atoms with van der Waals surface area (Å²) in [6.45, 7) is 0.844. The average Bonchev–Trinajstić information content (AvgIpc) is 2.85. The van der Waals surface area contributed by atoms with Crippen LogP contribution in [0.4, 0.5) is 4.39 Å². The van der Waals surface area contributed by atoms with Crippen molar-refractivity contribution in [3.05, 3.63) is 34.1 Å². The summed E-state index contributed by atoms with van der Waals surface area (Å²) in [5.74, 6) is -0.389. The predicted molar refractivity (Wildman–Crippen MR) is 71.3 cm³/mol. The summed E-state index contributed by atoms with van der Waals surface area (Å²) in [7, 11) is 0. The van der Waals surface area contributed by atoms with Gasteiger partial charge >= 0.3 is 0 Å². The van der Waals surface area contributed by atoms with Gasteiger partial charge in [0.05, 0.1) is 10.6 Å². The van der Waals surface area contributed by atoms with Crippen molar-refractivity contribution < 1.29 is 13.9 Å². The zero-order valence-corrected chi connectivity index (χ0v) is 11.7. The van der Waals surface area contributed by atoms with Gasteiger partial charge in [-0.1, -0.05) is 6.07 Å². The Balaban J connectivity index is 1.81. The lowest BCUT2D eigenvalue weighted by Crippen LogP contribution is -2.06. The van der Waals surface area contributed by atoms with E-state index in [0.717, 1.165) is 32.3 Å². The van der Waals surface area contributed by atoms with Crippen LogP contribution in [0.3, 0.4) is 0 Å². The number of rotatable bonds is 5. The minimum atomic E-state index is -0.389. The van der Waals surface area contributed by atoms with Crippen LogP contribution in [0.2, 0.25) is 0 Å². The quantitative estimate of drug-likeness (QED) is 0.764. The highest BCUT2D eigenvalue weighted by Gasteiger charge is 2.16. The summed E-state index contributed by atoms with van der Waals surface area (Å²) >= 11 is 3.07. The Bertz CT molecular complexity index is 428. The van der Waals surface area contributed by atoms with Gasteiger partial charge in [-0.15, -0.1) is 0 Å². The van der Waals surface area contributed by atoms with Crippen molar-refractivity contribution in [2.45, 2.75) is 38.2 Å². The van der Waals surface area contributed by atoms with E-state index in [1.807, 2.05) is 0 Å². The topological polar surface area (TPSA) is 26.3 Å². The van der Waals surface area contributed by atoms with Gasteiger partial charge < -0.3 is 4.74 Å². The Morgan fingerprint density at radius 2 is 2.33 bits per heavy atom.